The number of nitrogens with one attached hydrogen (secondary N) is 1. The summed E-state index contributed by atoms with van der Waals surface area (Å²) in [6, 6.07) is 7.39. The molecule has 0 amide bonds. The van der Waals surface area contributed by atoms with Crippen molar-refractivity contribution >= 4 is 0 Å². The molecule has 2 rings (SSSR count). The molecule has 0 radical (unpaired) electrons. The van der Waals surface area contributed by atoms with E-state index in [-0.39, 0.29) is 11.8 Å². The summed E-state index contributed by atoms with van der Waals surface area (Å²) in [6.07, 6.45) is 1.68. The molecule has 1 unspecified atom stereocenters. The average Bonchev–Trinajstić information content (AvgIpc) is 2.72. The number of aryl methyl sites for hydroxylation is 1. The molecule has 2 aromatic rings. The summed E-state index contributed by atoms with van der Waals surface area (Å²) in [5.74, 6) is 1.17. The first-order valence-corrected chi connectivity index (χ1v) is 5.52. The molecule has 90 valence electrons. The number of phenols is 1. The smallest absolute Gasteiger partial charge is 0.146 e. The molecule has 17 heavy (non-hydrogen) atoms. The molecule has 0 spiro atoms. The maximum atomic E-state index is 9.40. The molecule has 5 heteroatoms. The second-order valence-electron chi connectivity index (χ2n) is 4.06. The highest BCUT2D eigenvalue weighted by atomic mass is 16.3. The van der Waals surface area contributed by atoms with Crippen molar-refractivity contribution in [2.45, 2.75) is 19.5 Å². The highest BCUT2D eigenvalue weighted by Crippen LogP contribution is 2.17. The van der Waals surface area contributed by atoms with E-state index in [1.54, 1.807) is 18.5 Å². The van der Waals surface area contributed by atoms with Gasteiger partial charge < -0.3 is 15.0 Å². The van der Waals surface area contributed by atoms with Gasteiger partial charge in [-0.25, -0.2) is 0 Å². The van der Waals surface area contributed by atoms with Crippen molar-refractivity contribution in [3.8, 4) is 5.75 Å². The molecule has 0 saturated heterocycles. The van der Waals surface area contributed by atoms with Crippen molar-refractivity contribution in [3.63, 3.8) is 0 Å². The number of hydrogen-bond donors (Lipinski definition) is 2. The van der Waals surface area contributed by atoms with Crippen LogP contribution in [0.5, 0.6) is 5.75 Å². The van der Waals surface area contributed by atoms with Crippen molar-refractivity contribution < 1.29 is 5.11 Å². The van der Waals surface area contributed by atoms with Gasteiger partial charge in [-0.2, -0.15) is 0 Å². The third-order valence-corrected chi connectivity index (χ3v) is 2.74. The zero-order chi connectivity index (χ0) is 12.3. The first kappa shape index (κ1) is 11.6. The first-order valence-electron chi connectivity index (χ1n) is 5.52. The van der Waals surface area contributed by atoms with Gasteiger partial charge in [-0.05, 0) is 24.6 Å². The van der Waals surface area contributed by atoms with Gasteiger partial charge in [-0.1, -0.05) is 12.1 Å². The summed E-state index contributed by atoms with van der Waals surface area (Å²) in [5, 5.41) is 20.6. The Kier molecular flexibility index (Phi) is 3.39. The Morgan fingerprint density at radius 1 is 1.47 bits per heavy atom. The predicted molar refractivity (Wildman–Crippen MR) is 64.4 cm³/mol. The van der Waals surface area contributed by atoms with E-state index in [0.29, 0.717) is 6.54 Å². The minimum absolute atomic E-state index is 0.152. The summed E-state index contributed by atoms with van der Waals surface area (Å²) in [4.78, 5) is 0. The van der Waals surface area contributed by atoms with Crippen LogP contribution >= 0.6 is 0 Å². The third kappa shape index (κ3) is 2.82. The van der Waals surface area contributed by atoms with Crippen LogP contribution in [0.4, 0.5) is 0 Å². The van der Waals surface area contributed by atoms with Crippen LogP contribution in [0.25, 0.3) is 0 Å². The molecule has 0 saturated carbocycles. The van der Waals surface area contributed by atoms with E-state index in [2.05, 4.69) is 15.5 Å². The van der Waals surface area contributed by atoms with Crippen LogP contribution in [-0.2, 0) is 13.6 Å². The van der Waals surface area contributed by atoms with Crippen molar-refractivity contribution in [3.05, 3.63) is 42.0 Å². The largest absolute Gasteiger partial charge is 0.508 e. The Labute approximate surface area is 100 Å². The van der Waals surface area contributed by atoms with Crippen LogP contribution in [0.1, 0.15) is 24.4 Å². The SMILES string of the molecule is CC(NCc1nncn1C)c1cccc(O)c1. The summed E-state index contributed by atoms with van der Waals surface area (Å²) >= 11 is 0. The molecule has 1 aromatic carbocycles. The van der Waals surface area contributed by atoms with Crippen molar-refractivity contribution in [1.82, 2.24) is 20.1 Å². The van der Waals surface area contributed by atoms with E-state index >= 15 is 0 Å². The fourth-order valence-electron chi connectivity index (χ4n) is 1.62. The van der Waals surface area contributed by atoms with E-state index in [0.717, 1.165) is 11.4 Å². The molecular formula is C12H16N4O. The highest BCUT2D eigenvalue weighted by molar-refractivity contribution is 5.29. The Hall–Kier alpha value is -1.88. The topological polar surface area (TPSA) is 63.0 Å². The number of aromatic nitrogens is 3. The molecule has 1 heterocycles. The maximum Gasteiger partial charge on any atom is 0.146 e. The Bertz CT molecular complexity index is 495. The Morgan fingerprint density at radius 3 is 2.94 bits per heavy atom. The third-order valence-electron chi connectivity index (χ3n) is 2.74. The lowest BCUT2D eigenvalue weighted by Gasteiger charge is -2.13. The number of benzene rings is 1. The predicted octanol–water partition coefficient (Wildman–Crippen LogP) is 1.37. The minimum Gasteiger partial charge on any atom is -0.508 e. The fourth-order valence-corrected chi connectivity index (χ4v) is 1.62. The number of rotatable bonds is 4. The van der Waals surface area contributed by atoms with Crippen LogP contribution < -0.4 is 5.32 Å². The second-order valence-corrected chi connectivity index (χ2v) is 4.06. The lowest BCUT2D eigenvalue weighted by atomic mass is 10.1. The summed E-state index contributed by atoms with van der Waals surface area (Å²) in [5.41, 5.74) is 1.05. The molecule has 0 aliphatic carbocycles. The van der Waals surface area contributed by atoms with Gasteiger partial charge in [0.15, 0.2) is 0 Å². The van der Waals surface area contributed by atoms with Gasteiger partial charge in [0.2, 0.25) is 0 Å². The van der Waals surface area contributed by atoms with Gasteiger partial charge in [0.25, 0.3) is 0 Å². The summed E-state index contributed by atoms with van der Waals surface area (Å²) in [7, 11) is 1.91. The van der Waals surface area contributed by atoms with Gasteiger partial charge in [-0.3, -0.25) is 0 Å². The van der Waals surface area contributed by atoms with Crippen molar-refractivity contribution in [2.75, 3.05) is 0 Å². The molecule has 0 aliphatic rings. The number of nitrogens with zero attached hydrogens (tertiary/aromatic N) is 3. The van der Waals surface area contributed by atoms with E-state index in [9.17, 15) is 5.11 Å². The fraction of sp³-hybridized carbons (Fsp3) is 0.333. The van der Waals surface area contributed by atoms with Gasteiger partial charge in [0.1, 0.15) is 17.9 Å². The minimum atomic E-state index is 0.152. The Morgan fingerprint density at radius 2 is 2.29 bits per heavy atom. The highest BCUT2D eigenvalue weighted by Gasteiger charge is 2.07. The standard InChI is InChI=1S/C12H16N4O/c1-9(10-4-3-5-11(17)6-10)13-7-12-15-14-8-16(12)2/h3-6,8-9,13,17H,7H2,1-2H3. The van der Waals surface area contributed by atoms with Crippen molar-refractivity contribution in [2.24, 2.45) is 7.05 Å². The van der Waals surface area contributed by atoms with Gasteiger partial charge in [0.05, 0.1) is 6.54 Å². The number of hydrogen-bond acceptors (Lipinski definition) is 4. The first-order chi connectivity index (χ1) is 8.16. The van der Waals surface area contributed by atoms with E-state index in [4.69, 9.17) is 0 Å². The molecule has 1 atom stereocenters. The molecule has 0 fully saturated rings. The zero-order valence-corrected chi connectivity index (χ0v) is 9.96. The van der Waals surface area contributed by atoms with Crippen LogP contribution in [0.15, 0.2) is 30.6 Å². The summed E-state index contributed by atoms with van der Waals surface area (Å²) < 4.78 is 1.88. The number of phenolic OH excluding ortho intramolecular Hbond substituents is 1. The zero-order valence-electron chi connectivity index (χ0n) is 9.96. The lowest BCUT2D eigenvalue weighted by Crippen LogP contribution is -2.20. The van der Waals surface area contributed by atoms with Crippen LogP contribution in [0.3, 0.4) is 0 Å². The van der Waals surface area contributed by atoms with E-state index in [1.165, 1.54) is 0 Å². The van der Waals surface area contributed by atoms with Gasteiger partial charge in [-0.15, -0.1) is 10.2 Å². The molecule has 0 bridgehead atoms. The second kappa shape index (κ2) is 4.97. The molecular weight excluding hydrogens is 216 g/mol. The average molecular weight is 232 g/mol. The number of aromatic hydroxyl groups is 1. The quantitative estimate of drug-likeness (QED) is 0.835. The molecule has 5 nitrogen and oxygen atoms in total. The van der Waals surface area contributed by atoms with Crippen LogP contribution in [0, 0.1) is 0 Å². The Balaban J connectivity index is 1.98. The monoisotopic (exact) mass is 232 g/mol. The van der Waals surface area contributed by atoms with E-state index < -0.39 is 0 Å². The van der Waals surface area contributed by atoms with Crippen molar-refractivity contribution in [1.29, 1.82) is 0 Å². The lowest BCUT2D eigenvalue weighted by molar-refractivity contribution is 0.471. The normalized spacial score (nSPS) is 12.6. The van der Waals surface area contributed by atoms with Gasteiger partial charge in [0, 0.05) is 13.1 Å². The molecule has 2 N–H and O–H groups in total. The molecule has 0 aliphatic heterocycles. The summed E-state index contributed by atoms with van der Waals surface area (Å²) in [6.45, 7) is 2.69. The maximum absolute atomic E-state index is 9.40. The van der Waals surface area contributed by atoms with Crippen LogP contribution in [-0.4, -0.2) is 19.9 Å². The van der Waals surface area contributed by atoms with Gasteiger partial charge >= 0.3 is 0 Å². The molecule has 1 aromatic heterocycles. The van der Waals surface area contributed by atoms with E-state index in [1.807, 2.05) is 30.7 Å². The van der Waals surface area contributed by atoms with Crippen LogP contribution in [0.2, 0.25) is 0 Å².